The predicted octanol–water partition coefficient (Wildman–Crippen LogP) is 3.03. The summed E-state index contributed by atoms with van der Waals surface area (Å²) < 4.78 is 36.3. The van der Waals surface area contributed by atoms with Crippen molar-refractivity contribution in [3.8, 4) is 28.4 Å². The molecule has 0 spiro atoms. The molecule has 0 saturated carbocycles. The fourth-order valence-corrected chi connectivity index (χ4v) is 6.29. The molecule has 10 heteroatoms. The van der Waals surface area contributed by atoms with E-state index in [4.69, 9.17) is 21.1 Å². The third kappa shape index (κ3) is 3.85. The summed E-state index contributed by atoms with van der Waals surface area (Å²) in [7, 11) is 0.0378. The quantitative estimate of drug-likeness (QED) is 0.464. The van der Waals surface area contributed by atoms with Crippen LogP contribution in [-0.2, 0) is 16.3 Å². The zero-order valence-electron chi connectivity index (χ0n) is 18.1. The van der Waals surface area contributed by atoms with Crippen molar-refractivity contribution in [3.05, 3.63) is 58.2 Å². The van der Waals surface area contributed by atoms with Gasteiger partial charge in [0.1, 0.15) is 0 Å². The summed E-state index contributed by atoms with van der Waals surface area (Å²) in [6.45, 7) is 0. The molecule has 1 aliphatic carbocycles. The number of methoxy groups -OCH3 is 2. The average molecular weight is 488 g/mol. The molecule has 1 aromatic heterocycles. The van der Waals surface area contributed by atoms with E-state index in [1.54, 1.807) is 31.0 Å². The SMILES string of the molecule is COc1cc2c(cc1OC)-c1c(c(C(=O)NC3CCS(=O)(=O)C3)nn1-c1ccc(Cl)cc1)C2. The number of halogens is 1. The van der Waals surface area contributed by atoms with E-state index in [1.165, 1.54) is 0 Å². The van der Waals surface area contributed by atoms with Crippen molar-refractivity contribution in [3.63, 3.8) is 0 Å². The van der Waals surface area contributed by atoms with E-state index in [1.807, 2.05) is 24.3 Å². The first-order chi connectivity index (χ1) is 15.8. The van der Waals surface area contributed by atoms with Crippen LogP contribution in [0, 0.1) is 0 Å². The third-order valence-electron chi connectivity index (χ3n) is 6.07. The number of fused-ring (bicyclic) bond motifs is 3. The van der Waals surface area contributed by atoms with Crippen LogP contribution < -0.4 is 14.8 Å². The van der Waals surface area contributed by atoms with Gasteiger partial charge in [-0.3, -0.25) is 4.79 Å². The molecule has 5 rings (SSSR count). The Labute approximate surface area is 196 Å². The molecule has 1 fully saturated rings. The summed E-state index contributed by atoms with van der Waals surface area (Å²) in [4.78, 5) is 13.2. The predicted molar refractivity (Wildman–Crippen MR) is 124 cm³/mol. The van der Waals surface area contributed by atoms with Gasteiger partial charge >= 0.3 is 0 Å². The second-order valence-electron chi connectivity index (χ2n) is 8.18. The number of rotatable bonds is 5. The molecule has 1 atom stereocenters. The van der Waals surface area contributed by atoms with Gasteiger partial charge in [0.05, 0.1) is 37.1 Å². The first-order valence-electron chi connectivity index (χ1n) is 10.4. The van der Waals surface area contributed by atoms with Crippen LogP contribution in [0.3, 0.4) is 0 Å². The number of amides is 1. The van der Waals surface area contributed by atoms with Gasteiger partial charge in [0.15, 0.2) is 27.0 Å². The number of benzene rings is 2. The van der Waals surface area contributed by atoms with Crippen LogP contribution >= 0.6 is 11.6 Å². The molecule has 1 saturated heterocycles. The third-order valence-corrected chi connectivity index (χ3v) is 8.09. The lowest BCUT2D eigenvalue weighted by atomic mass is 10.1. The molecule has 2 aromatic carbocycles. The number of hydrogen-bond donors (Lipinski definition) is 1. The van der Waals surface area contributed by atoms with Gasteiger partial charge in [-0.25, -0.2) is 13.1 Å². The number of sulfone groups is 1. The highest BCUT2D eigenvalue weighted by Gasteiger charge is 2.35. The van der Waals surface area contributed by atoms with E-state index in [2.05, 4.69) is 10.4 Å². The van der Waals surface area contributed by atoms with E-state index in [0.29, 0.717) is 29.4 Å². The highest BCUT2D eigenvalue weighted by atomic mass is 35.5. The van der Waals surface area contributed by atoms with Crippen molar-refractivity contribution in [1.29, 1.82) is 0 Å². The van der Waals surface area contributed by atoms with Gasteiger partial charge < -0.3 is 14.8 Å². The molecule has 172 valence electrons. The zero-order valence-corrected chi connectivity index (χ0v) is 19.7. The Morgan fingerprint density at radius 2 is 1.85 bits per heavy atom. The maximum atomic E-state index is 13.2. The topological polar surface area (TPSA) is 99.5 Å². The Balaban J connectivity index is 1.61. The van der Waals surface area contributed by atoms with Crippen LogP contribution in [-0.4, -0.2) is 55.9 Å². The van der Waals surface area contributed by atoms with Crippen LogP contribution in [0.2, 0.25) is 5.02 Å². The first kappa shape index (κ1) is 21.8. The van der Waals surface area contributed by atoms with Crippen molar-refractivity contribution >= 4 is 27.3 Å². The maximum absolute atomic E-state index is 13.2. The average Bonchev–Trinajstić information content (AvgIpc) is 3.44. The van der Waals surface area contributed by atoms with Crippen LogP contribution in [0.5, 0.6) is 11.5 Å². The lowest BCUT2D eigenvalue weighted by Gasteiger charge is -2.12. The number of nitrogens with zero attached hydrogens (tertiary/aromatic N) is 2. The van der Waals surface area contributed by atoms with Crippen molar-refractivity contribution in [1.82, 2.24) is 15.1 Å². The smallest absolute Gasteiger partial charge is 0.272 e. The van der Waals surface area contributed by atoms with Crippen molar-refractivity contribution < 1.29 is 22.7 Å². The molecule has 2 heterocycles. The van der Waals surface area contributed by atoms with E-state index in [9.17, 15) is 13.2 Å². The van der Waals surface area contributed by atoms with E-state index in [0.717, 1.165) is 28.1 Å². The summed E-state index contributed by atoms with van der Waals surface area (Å²) in [5.41, 5.74) is 4.47. The summed E-state index contributed by atoms with van der Waals surface area (Å²) in [5.74, 6) is 0.839. The van der Waals surface area contributed by atoms with Gasteiger partial charge in [-0.05, 0) is 48.4 Å². The van der Waals surface area contributed by atoms with Gasteiger partial charge in [0, 0.05) is 28.6 Å². The summed E-state index contributed by atoms with van der Waals surface area (Å²) in [6.07, 6.45) is 0.896. The molecule has 0 bridgehead atoms. The van der Waals surface area contributed by atoms with Gasteiger partial charge in [-0.1, -0.05) is 11.6 Å². The highest BCUT2D eigenvalue weighted by molar-refractivity contribution is 7.91. The molecule has 1 unspecified atom stereocenters. The number of aromatic nitrogens is 2. The minimum absolute atomic E-state index is 0.0482. The normalized spacial score (nSPS) is 18.0. The zero-order chi connectivity index (χ0) is 23.3. The van der Waals surface area contributed by atoms with Crippen molar-refractivity contribution in [2.45, 2.75) is 18.9 Å². The molecule has 3 aromatic rings. The molecule has 0 radical (unpaired) electrons. The number of carbonyl (C=O) groups excluding carboxylic acids is 1. The molecule has 8 nitrogen and oxygen atoms in total. The summed E-state index contributed by atoms with van der Waals surface area (Å²) in [5, 5.41) is 8.10. The van der Waals surface area contributed by atoms with E-state index in [-0.39, 0.29) is 23.1 Å². The molecule has 2 aliphatic rings. The Kier molecular flexibility index (Phi) is 5.33. The first-order valence-corrected chi connectivity index (χ1v) is 12.6. The largest absolute Gasteiger partial charge is 0.493 e. The Morgan fingerprint density at radius 3 is 2.48 bits per heavy atom. The number of carbonyl (C=O) groups is 1. The monoisotopic (exact) mass is 487 g/mol. The minimum Gasteiger partial charge on any atom is -0.493 e. The number of ether oxygens (including phenoxy) is 2. The van der Waals surface area contributed by atoms with Gasteiger partial charge in [-0.15, -0.1) is 0 Å². The molecule has 1 aliphatic heterocycles. The van der Waals surface area contributed by atoms with Crippen LogP contribution in [0.4, 0.5) is 0 Å². The summed E-state index contributed by atoms with van der Waals surface area (Å²) >= 11 is 6.07. The molecule has 33 heavy (non-hydrogen) atoms. The Hall–Kier alpha value is -3.04. The van der Waals surface area contributed by atoms with E-state index < -0.39 is 15.9 Å². The van der Waals surface area contributed by atoms with Gasteiger partial charge in [0.2, 0.25) is 0 Å². The second-order valence-corrected chi connectivity index (χ2v) is 10.8. The lowest BCUT2D eigenvalue weighted by molar-refractivity contribution is 0.0935. The second kappa shape index (κ2) is 8.07. The standard InChI is InChI=1S/C23H22ClN3O5S/c1-31-19-10-13-9-18-21(23(28)25-15-7-8-33(29,30)12-15)26-27(16-5-3-14(24)4-6-16)22(18)17(13)11-20(19)32-2/h3-6,10-11,15H,7-9,12H2,1-2H3,(H,25,28). The van der Waals surface area contributed by atoms with Gasteiger partial charge in [-0.2, -0.15) is 5.10 Å². The van der Waals surface area contributed by atoms with E-state index >= 15 is 0 Å². The maximum Gasteiger partial charge on any atom is 0.272 e. The molecule has 1 N–H and O–H groups in total. The van der Waals surface area contributed by atoms with Gasteiger partial charge in [0.25, 0.3) is 5.91 Å². The van der Waals surface area contributed by atoms with Crippen LogP contribution in [0.1, 0.15) is 28.0 Å². The molecular formula is C23H22ClN3O5S. The Morgan fingerprint density at radius 1 is 1.15 bits per heavy atom. The summed E-state index contributed by atoms with van der Waals surface area (Å²) in [6, 6.07) is 10.6. The van der Waals surface area contributed by atoms with Crippen molar-refractivity contribution in [2.75, 3.05) is 25.7 Å². The fraction of sp³-hybridized carbons (Fsp3) is 0.304. The molecular weight excluding hydrogens is 466 g/mol. The fourth-order valence-electron chi connectivity index (χ4n) is 4.49. The highest BCUT2D eigenvalue weighted by Crippen LogP contribution is 2.44. The van der Waals surface area contributed by atoms with Crippen molar-refractivity contribution in [2.24, 2.45) is 0 Å². The lowest BCUT2D eigenvalue weighted by Crippen LogP contribution is -2.36. The number of hydrogen-bond acceptors (Lipinski definition) is 6. The number of nitrogens with one attached hydrogen (secondary N) is 1. The van der Waals surface area contributed by atoms with Crippen LogP contribution in [0.15, 0.2) is 36.4 Å². The molecule has 1 amide bonds. The Bertz CT molecular complexity index is 1370. The van der Waals surface area contributed by atoms with Crippen LogP contribution in [0.25, 0.3) is 16.9 Å². The minimum atomic E-state index is -3.12.